The van der Waals surface area contributed by atoms with Gasteiger partial charge in [-0.25, -0.2) is 13.8 Å². The Balaban J connectivity index is 3.44. The third-order valence-corrected chi connectivity index (χ3v) is 2.89. The summed E-state index contributed by atoms with van der Waals surface area (Å²) in [5.74, 6) is 0.0487. The largest absolute Gasteiger partial charge is 0.480 e. The number of carbonyl (C=O) groups is 1. The molecule has 0 aromatic carbocycles. The number of pyridine rings is 1. The molecule has 0 unspecified atom stereocenters. The van der Waals surface area contributed by atoms with Gasteiger partial charge in [-0.15, -0.1) is 0 Å². The summed E-state index contributed by atoms with van der Waals surface area (Å²) in [6.07, 6.45) is -1.82. The fourth-order valence-corrected chi connectivity index (χ4v) is 2.03. The summed E-state index contributed by atoms with van der Waals surface area (Å²) in [5.41, 5.74) is -0.737. The number of aromatic nitrogens is 1. The van der Waals surface area contributed by atoms with Crippen molar-refractivity contribution in [3.63, 3.8) is 0 Å². The molecular formula is C8H5ClF2INO2. The summed E-state index contributed by atoms with van der Waals surface area (Å²) < 4.78 is 30.2. The van der Waals surface area contributed by atoms with Gasteiger partial charge in [0.25, 0.3) is 11.7 Å². The first-order valence-corrected chi connectivity index (χ1v) is 5.15. The normalized spacial score (nSPS) is 10.5. The number of nitrogens with zero attached hydrogens (tertiary/aromatic N) is 1. The van der Waals surface area contributed by atoms with Gasteiger partial charge in [-0.1, -0.05) is 0 Å². The molecule has 1 rings (SSSR count). The number of carbonyl (C=O) groups excluding carboxylic acids is 1. The molecule has 0 N–H and O–H groups in total. The molecule has 0 saturated carbocycles. The average molecular weight is 347 g/mol. The zero-order valence-electron chi connectivity index (χ0n) is 7.43. The third kappa shape index (κ3) is 2.54. The molecule has 0 spiro atoms. The fraction of sp³-hybridized carbons (Fsp3) is 0.250. The molecular weight excluding hydrogens is 342 g/mol. The molecule has 82 valence electrons. The van der Waals surface area contributed by atoms with E-state index in [-0.39, 0.29) is 15.0 Å². The maximum atomic E-state index is 12.7. The number of methoxy groups -OCH3 is 1. The van der Waals surface area contributed by atoms with Gasteiger partial charge in [0, 0.05) is 6.20 Å². The maximum Gasteiger partial charge on any atom is 0.265 e. The van der Waals surface area contributed by atoms with E-state index < -0.39 is 17.2 Å². The maximum absolute atomic E-state index is 12.7. The molecule has 0 atom stereocenters. The van der Waals surface area contributed by atoms with Gasteiger partial charge < -0.3 is 4.74 Å². The minimum Gasteiger partial charge on any atom is -0.480 e. The van der Waals surface area contributed by atoms with E-state index in [4.69, 9.17) is 16.3 Å². The van der Waals surface area contributed by atoms with Gasteiger partial charge in [0.15, 0.2) is 0 Å². The van der Waals surface area contributed by atoms with E-state index in [0.29, 0.717) is 0 Å². The van der Waals surface area contributed by atoms with Crippen molar-refractivity contribution in [2.45, 2.75) is 6.43 Å². The van der Waals surface area contributed by atoms with E-state index in [1.54, 1.807) is 22.6 Å². The highest BCUT2D eigenvalue weighted by Gasteiger charge is 2.23. The number of alkyl halides is 2. The molecule has 0 fully saturated rings. The lowest BCUT2D eigenvalue weighted by Crippen LogP contribution is -2.05. The first kappa shape index (κ1) is 12.6. The number of rotatable bonds is 3. The Morgan fingerprint density at radius 2 is 2.27 bits per heavy atom. The first-order valence-electron chi connectivity index (χ1n) is 3.69. The second-order valence-corrected chi connectivity index (χ2v) is 3.91. The monoisotopic (exact) mass is 347 g/mol. The summed E-state index contributed by atoms with van der Waals surface area (Å²) >= 11 is 6.80. The smallest absolute Gasteiger partial charge is 0.265 e. The lowest BCUT2D eigenvalue weighted by atomic mass is 10.1. The zero-order valence-corrected chi connectivity index (χ0v) is 10.3. The predicted molar refractivity (Wildman–Crippen MR) is 58.6 cm³/mol. The van der Waals surface area contributed by atoms with Gasteiger partial charge in [-0.2, -0.15) is 0 Å². The lowest BCUT2D eigenvalue weighted by Gasteiger charge is -2.10. The second kappa shape index (κ2) is 5.02. The molecule has 1 heterocycles. The van der Waals surface area contributed by atoms with E-state index in [1.807, 2.05) is 0 Å². The van der Waals surface area contributed by atoms with E-state index >= 15 is 0 Å². The molecule has 0 bridgehead atoms. The van der Waals surface area contributed by atoms with Crippen LogP contribution >= 0.6 is 34.2 Å². The second-order valence-electron chi connectivity index (χ2n) is 2.48. The number of hydrogen-bond donors (Lipinski definition) is 0. The number of halogens is 4. The average Bonchev–Trinajstić information content (AvgIpc) is 2.16. The van der Waals surface area contributed by atoms with E-state index in [9.17, 15) is 13.6 Å². The Labute approximate surface area is 103 Å². The summed E-state index contributed by atoms with van der Waals surface area (Å²) in [7, 11) is 1.31. The molecule has 1 aromatic heterocycles. The number of ether oxygens (including phenoxy) is 1. The van der Waals surface area contributed by atoms with Crippen LogP contribution in [-0.4, -0.2) is 17.3 Å². The van der Waals surface area contributed by atoms with Gasteiger partial charge in [-0.3, -0.25) is 4.79 Å². The summed E-state index contributed by atoms with van der Waals surface area (Å²) in [4.78, 5) is 14.6. The quantitative estimate of drug-likeness (QED) is 0.623. The SMILES string of the molecule is COc1ncc(C(=O)Cl)c(C(F)F)c1I. The van der Waals surface area contributed by atoms with Gasteiger partial charge in [-0.05, 0) is 34.2 Å². The molecule has 3 nitrogen and oxygen atoms in total. The van der Waals surface area contributed by atoms with Crippen molar-refractivity contribution in [2.75, 3.05) is 7.11 Å². The van der Waals surface area contributed by atoms with Crippen LogP contribution in [0.15, 0.2) is 6.20 Å². The van der Waals surface area contributed by atoms with Crippen LogP contribution in [0.25, 0.3) is 0 Å². The van der Waals surface area contributed by atoms with Crippen molar-refractivity contribution in [1.29, 1.82) is 0 Å². The van der Waals surface area contributed by atoms with Crippen LogP contribution in [0.1, 0.15) is 22.3 Å². The Hall–Kier alpha value is -0.500. The predicted octanol–water partition coefficient (Wildman–Crippen LogP) is 3.01. The van der Waals surface area contributed by atoms with Crippen LogP contribution < -0.4 is 4.74 Å². The molecule has 15 heavy (non-hydrogen) atoms. The highest BCUT2D eigenvalue weighted by Crippen LogP contribution is 2.33. The van der Waals surface area contributed by atoms with Crippen molar-refractivity contribution in [1.82, 2.24) is 4.98 Å². The van der Waals surface area contributed by atoms with Gasteiger partial charge in [0.05, 0.1) is 21.8 Å². The molecule has 0 radical (unpaired) electrons. The van der Waals surface area contributed by atoms with Crippen molar-refractivity contribution in [3.05, 3.63) is 20.9 Å². The molecule has 1 aromatic rings. The molecule has 0 saturated heterocycles. The van der Waals surface area contributed by atoms with Crippen LogP contribution in [0.2, 0.25) is 0 Å². The first-order chi connectivity index (χ1) is 6.99. The van der Waals surface area contributed by atoms with Crippen LogP contribution in [0, 0.1) is 3.57 Å². The van der Waals surface area contributed by atoms with Gasteiger partial charge in [0.1, 0.15) is 0 Å². The molecule has 0 aliphatic carbocycles. The Bertz CT molecular complexity index is 400. The Kier molecular flexibility index (Phi) is 4.21. The number of hydrogen-bond acceptors (Lipinski definition) is 3. The zero-order chi connectivity index (χ0) is 11.6. The van der Waals surface area contributed by atoms with Crippen LogP contribution in [-0.2, 0) is 0 Å². The highest BCUT2D eigenvalue weighted by atomic mass is 127. The van der Waals surface area contributed by atoms with E-state index in [2.05, 4.69) is 4.98 Å². The highest BCUT2D eigenvalue weighted by molar-refractivity contribution is 14.1. The molecule has 0 aliphatic rings. The minimum atomic E-state index is -2.80. The van der Waals surface area contributed by atoms with Crippen LogP contribution in [0.5, 0.6) is 5.88 Å². The van der Waals surface area contributed by atoms with Crippen molar-refractivity contribution >= 4 is 39.4 Å². The molecule has 0 amide bonds. The van der Waals surface area contributed by atoms with E-state index in [0.717, 1.165) is 6.20 Å². The van der Waals surface area contributed by atoms with Crippen molar-refractivity contribution in [3.8, 4) is 5.88 Å². The van der Waals surface area contributed by atoms with Crippen molar-refractivity contribution in [2.24, 2.45) is 0 Å². The summed E-state index contributed by atoms with van der Waals surface area (Å²) in [5, 5.41) is -0.960. The Morgan fingerprint density at radius 1 is 1.67 bits per heavy atom. The van der Waals surface area contributed by atoms with E-state index in [1.165, 1.54) is 7.11 Å². The van der Waals surface area contributed by atoms with Gasteiger partial charge in [0.2, 0.25) is 5.88 Å². The fourth-order valence-electron chi connectivity index (χ4n) is 0.995. The molecule has 0 aliphatic heterocycles. The third-order valence-electron chi connectivity index (χ3n) is 1.65. The Morgan fingerprint density at radius 3 is 2.67 bits per heavy atom. The summed E-state index contributed by atoms with van der Waals surface area (Å²) in [6.45, 7) is 0. The molecule has 7 heteroatoms. The van der Waals surface area contributed by atoms with Gasteiger partial charge >= 0.3 is 0 Å². The topological polar surface area (TPSA) is 39.2 Å². The minimum absolute atomic E-state index is 0.0487. The van der Waals surface area contributed by atoms with Crippen LogP contribution in [0.4, 0.5) is 8.78 Å². The standard InChI is InChI=1S/C8H5ClF2INO2/c1-15-8-5(12)4(7(10)11)3(2-13-8)6(9)14/h2,7H,1H3. The lowest BCUT2D eigenvalue weighted by molar-refractivity contribution is 0.106. The van der Waals surface area contributed by atoms with Crippen molar-refractivity contribution < 1.29 is 18.3 Å². The van der Waals surface area contributed by atoms with Crippen LogP contribution in [0.3, 0.4) is 0 Å². The summed E-state index contributed by atoms with van der Waals surface area (Å²) in [6, 6.07) is 0.